The van der Waals surface area contributed by atoms with Gasteiger partial charge in [-0.05, 0) is 46.4 Å². The Hall–Kier alpha value is -3.12. The zero-order chi connectivity index (χ0) is 15.9. The van der Waals surface area contributed by atoms with Crippen molar-refractivity contribution in [2.75, 3.05) is 0 Å². The number of allylic oxidation sites excluding steroid dienone is 1. The van der Waals surface area contributed by atoms with Gasteiger partial charge in [-0.25, -0.2) is 0 Å². The molecule has 0 heterocycles. The Morgan fingerprint density at radius 2 is 1.86 bits per heavy atom. The highest BCUT2D eigenvalue weighted by molar-refractivity contribution is 5.85. The fourth-order valence-electron chi connectivity index (χ4n) is 2.47. The number of carbonyl (C=O) groups excluding carboxylic acids is 1. The van der Waals surface area contributed by atoms with Crippen LogP contribution in [0.2, 0.25) is 0 Å². The summed E-state index contributed by atoms with van der Waals surface area (Å²) in [6, 6.07) is 16.8. The Kier molecular flexibility index (Phi) is 4.89. The lowest BCUT2D eigenvalue weighted by molar-refractivity contribution is -0.113. The van der Waals surface area contributed by atoms with Gasteiger partial charge in [-0.15, -0.1) is 0 Å². The van der Waals surface area contributed by atoms with Crippen molar-refractivity contribution in [3.05, 3.63) is 77.9 Å². The van der Waals surface area contributed by atoms with E-state index < -0.39 is 5.91 Å². The molecule has 0 atom stereocenters. The van der Waals surface area contributed by atoms with Gasteiger partial charge in [0.2, 0.25) is 5.91 Å². The first kappa shape index (κ1) is 15.3. The van der Waals surface area contributed by atoms with Gasteiger partial charge in [-0.1, -0.05) is 49.0 Å². The molecule has 0 unspecified atom stereocenters. The molecular formula is C19H16N2O. The molecule has 0 saturated carbocycles. The number of fused-ring (bicyclic) bond motifs is 3. The van der Waals surface area contributed by atoms with Crippen LogP contribution in [0, 0.1) is 11.3 Å². The van der Waals surface area contributed by atoms with E-state index in [1.54, 1.807) is 6.08 Å². The first-order valence-corrected chi connectivity index (χ1v) is 6.85. The van der Waals surface area contributed by atoms with E-state index in [0.717, 1.165) is 18.1 Å². The van der Waals surface area contributed by atoms with Crippen LogP contribution < -0.4 is 5.73 Å². The quantitative estimate of drug-likeness (QED) is 0.579. The Morgan fingerprint density at radius 1 is 1.18 bits per heavy atom. The van der Waals surface area contributed by atoms with Crippen LogP contribution in [-0.4, -0.2) is 5.91 Å². The number of benzene rings is 2. The van der Waals surface area contributed by atoms with Crippen molar-refractivity contribution in [1.82, 2.24) is 0 Å². The summed E-state index contributed by atoms with van der Waals surface area (Å²) in [7, 11) is 0. The van der Waals surface area contributed by atoms with Gasteiger partial charge in [0, 0.05) is 6.08 Å². The SMILES string of the molecule is C=CC(N)=O.N#CC=Cc1cccc2c1Cc1ccccc1-2. The van der Waals surface area contributed by atoms with E-state index in [2.05, 4.69) is 54.8 Å². The fraction of sp³-hybridized carbons (Fsp3) is 0.0526. The highest BCUT2D eigenvalue weighted by Gasteiger charge is 2.18. The highest BCUT2D eigenvalue weighted by atomic mass is 16.1. The third-order valence-electron chi connectivity index (χ3n) is 3.43. The van der Waals surface area contributed by atoms with Crippen LogP contribution in [0.15, 0.2) is 61.2 Å². The van der Waals surface area contributed by atoms with E-state index in [-0.39, 0.29) is 0 Å². The normalized spacial score (nSPS) is 10.9. The maximum atomic E-state index is 9.47. The molecule has 0 spiro atoms. The molecule has 2 aromatic carbocycles. The lowest BCUT2D eigenvalue weighted by atomic mass is 10.0. The number of amides is 1. The summed E-state index contributed by atoms with van der Waals surface area (Å²) in [5, 5.41) is 8.61. The van der Waals surface area contributed by atoms with Crippen molar-refractivity contribution in [2.24, 2.45) is 5.73 Å². The number of rotatable bonds is 2. The molecule has 0 fully saturated rings. The minimum atomic E-state index is -0.481. The Morgan fingerprint density at radius 3 is 2.55 bits per heavy atom. The summed E-state index contributed by atoms with van der Waals surface area (Å²) < 4.78 is 0. The molecule has 3 heteroatoms. The smallest absolute Gasteiger partial charge is 0.240 e. The van der Waals surface area contributed by atoms with E-state index in [4.69, 9.17) is 5.26 Å². The summed E-state index contributed by atoms with van der Waals surface area (Å²) in [6.45, 7) is 3.09. The van der Waals surface area contributed by atoms with Crippen LogP contribution in [0.4, 0.5) is 0 Å². The van der Waals surface area contributed by atoms with Gasteiger partial charge < -0.3 is 5.73 Å². The largest absolute Gasteiger partial charge is 0.366 e. The third-order valence-corrected chi connectivity index (χ3v) is 3.43. The van der Waals surface area contributed by atoms with Gasteiger partial charge in [-0.3, -0.25) is 4.79 Å². The molecule has 2 N–H and O–H groups in total. The van der Waals surface area contributed by atoms with Crippen LogP contribution in [-0.2, 0) is 11.2 Å². The number of hydrogen-bond donors (Lipinski definition) is 1. The molecule has 3 rings (SSSR count). The second-order valence-corrected chi connectivity index (χ2v) is 4.78. The Labute approximate surface area is 130 Å². The molecule has 0 aromatic heterocycles. The van der Waals surface area contributed by atoms with Crippen LogP contribution >= 0.6 is 0 Å². The zero-order valence-corrected chi connectivity index (χ0v) is 12.1. The number of hydrogen-bond acceptors (Lipinski definition) is 2. The van der Waals surface area contributed by atoms with Crippen LogP contribution in [0.1, 0.15) is 16.7 Å². The van der Waals surface area contributed by atoms with Gasteiger partial charge in [0.15, 0.2) is 0 Å². The maximum Gasteiger partial charge on any atom is 0.240 e. The summed E-state index contributed by atoms with van der Waals surface area (Å²) >= 11 is 0. The van der Waals surface area contributed by atoms with E-state index in [1.807, 2.05) is 12.1 Å². The molecular weight excluding hydrogens is 272 g/mol. The molecule has 0 aliphatic heterocycles. The molecule has 0 radical (unpaired) electrons. The Balaban J connectivity index is 0.000000309. The van der Waals surface area contributed by atoms with Gasteiger partial charge >= 0.3 is 0 Å². The second kappa shape index (κ2) is 7.05. The molecule has 0 bridgehead atoms. The molecule has 108 valence electrons. The summed E-state index contributed by atoms with van der Waals surface area (Å²) in [4.78, 5) is 9.47. The molecule has 22 heavy (non-hydrogen) atoms. The van der Waals surface area contributed by atoms with E-state index >= 15 is 0 Å². The van der Waals surface area contributed by atoms with Crippen LogP contribution in [0.5, 0.6) is 0 Å². The maximum absolute atomic E-state index is 9.47. The summed E-state index contributed by atoms with van der Waals surface area (Å²) in [5.74, 6) is -0.481. The zero-order valence-electron chi connectivity index (χ0n) is 12.1. The average Bonchev–Trinajstić information content (AvgIpc) is 2.92. The number of carbonyl (C=O) groups is 1. The monoisotopic (exact) mass is 288 g/mol. The van der Waals surface area contributed by atoms with Crippen molar-refractivity contribution in [1.29, 1.82) is 5.26 Å². The Bertz CT molecular complexity index is 782. The minimum absolute atomic E-state index is 0.481. The highest BCUT2D eigenvalue weighted by Crippen LogP contribution is 2.38. The third kappa shape index (κ3) is 3.31. The lowest BCUT2D eigenvalue weighted by Crippen LogP contribution is -2.04. The minimum Gasteiger partial charge on any atom is -0.366 e. The molecule has 2 aromatic rings. The molecule has 1 amide bonds. The van der Waals surface area contributed by atoms with Crippen LogP contribution in [0.25, 0.3) is 17.2 Å². The number of nitrogens with two attached hydrogens (primary N) is 1. The topological polar surface area (TPSA) is 66.9 Å². The molecule has 0 saturated heterocycles. The predicted octanol–water partition coefficient (Wildman–Crippen LogP) is 3.45. The molecule has 1 aliphatic carbocycles. The lowest BCUT2D eigenvalue weighted by Gasteiger charge is -2.03. The summed E-state index contributed by atoms with van der Waals surface area (Å²) in [6.07, 6.45) is 5.46. The van der Waals surface area contributed by atoms with Crippen molar-refractivity contribution in [3.63, 3.8) is 0 Å². The van der Waals surface area contributed by atoms with Crippen LogP contribution in [0.3, 0.4) is 0 Å². The van der Waals surface area contributed by atoms with E-state index in [1.165, 1.54) is 22.3 Å². The predicted molar refractivity (Wildman–Crippen MR) is 88.7 cm³/mol. The molecule has 1 aliphatic rings. The van der Waals surface area contributed by atoms with Crippen molar-refractivity contribution < 1.29 is 4.79 Å². The van der Waals surface area contributed by atoms with Gasteiger partial charge in [0.1, 0.15) is 0 Å². The van der Waals surface area contributed by atoms with Crippen molar-refractivity contribution in [2.45, 2.75) is 6.42 Å². The van der Waals surface area contributed by atoms with Crippen molar-refractivity contribution in [3.8, 4) is 17.2 Å². The number of nitriles is 1. The standard InChI is InChI=1S/C16H11N.C3H5NO/c17-10-4-7-12-6-3-9-15-14-8-2-1-5-13(14)11-16(12)15;1-2-3(4)5/h1-9H,11H2;2H,1H2,(H2,4,5). The van der Waals surface area contributed by atoms with E-state index in [0.29, 0.717) is 0 Å². The van der Waals surface area contributed by atoms with E-state index in [9.17, 15) is 4.79 Å². The number of primary amides is 1. The summed E-state index contributed by atoms with van der Waals surface area (Å²) in [5.41, 5.74) is 11.0. The van der Waals surface area contributed by atoms with Gasteiger partial charge in [-0.2, -0.15) is 5.26 Å². The second-order valence-electron chi connectivity index (χ2n) is 4.78. The van der Waals surface area contributed by atoms with Crippen molar-refractivity contribution >= 4 is 12.0 Å². The fourth-order valence-corrected chi connectivity index (χ4v) is 2.47. The van der Waals surface area contributed by atoms with Gasteiger partial charge in [0.25, 0.3) is 0 Å². The molecule has 3 nitrogen and oxygen atoms in total. The average molecular weight is 288 g/mol. The van der Waals surface area contributed by atoms with Gasteiger partial charge in [0.05, 0.1) is 6.07 Å². The first-order valence-electron chi connectivity index (χ1n) is 6.85. The first-order chi connectivity index (χ1) is 10.7. The number of nitrogens with zero attached hydrogens (tertiary/aromatic N) is 1.